The first kappa shape index (κ1) is 10.0. The predicted molar refractivity (Wildman–Crippen MR) is 78.5 cm³/mol. The number of pyridine rings is 1. The van der Waals surface area contributed by atoms with E-state index in [-0.39, 0.29) is 1.43 Å². The highest BCUT2D eigenvalue weighted by Crippen LogP contribution is 2.56. The molecule has 0 bridgehead atoms. The molecule has 0 saturated carbocycles. The Balaban J connectivity index is 2.42. The normalized spacial score (nSPS) is 15.9. The fourth-order valence-electron chi connectivity index (χ4n) is 2.02. The van der Waals surface area contributed by atoms with Crippen LogP contribution in [0.4, 0.5) is 0 Å². The van der Waals surface area contributed by atoms with Crippen molar-refractivity contribution in [3.63, 3.8) is 0 Å². The Morgan fingerprint density at radius 1 is 0.933 bits per heavy atom. The molecule has 0 spiro atoms. The van der Waals surface area contributed by atoms with E-state index in [2.05, 4.69) is 80.5 Å². The van der Waals surface area contributed by atoms with Crippen LogP contribution in [-0.4, -0.2) is 4.98 Å². The molecule has 2 aromatic rings. The van der Waals surface area contributed by atoms with E-state index in [0.29, 0.717) is 0 Å². The second kappa shape index (κ2) is 3.41. The van der Waals surface area contributed by atoms with Gasteiger partial charge < -0.3 is 0 Å². The molecule has 74 valence electrons. The average molecular weight is 419 g/mol. The van der Waals surface area contributed by atoms with Gasteiger partial charge in [0.25, 0.3) is 0 Å². The molecule has 15 heavy (non-hydrogen) atoms. The van der Waals surface area contributed by atoms with Gasteiger partial charge in [-0.3, -0.25) is 4.98 Å². The first-order valence-electron chi connectivity index (χ1n) is 4.63. The Hall–Kier alpha value is -0.170. The summed E-state index contributed by atoms with van der Waals surface area (Å²) in [7, 11) is 0. The SMILES string of the molecule is IC1(I)c2ccccc2-c2ccncc21. The van der Waals surface area contributed by atoms with Crippen LogP contribution in [-0.2, 0) is 1.43 Å². The van der Waals surface area contributed by atoms with Crippen molar-refractivity contribution in [3.05, 3.63) is 53.9 Å². The lowest BCUT2D eigenvalue weighted by Gasteiger charge is -2.15. The molecule has 0 radical (unpaired) electrons. The van der Waals surface area contributed by atoms with Crippen molar-refractivity contribution in [2.45, 2.75) is 1.43 Å². The van der Waals surface area contributed by atoms with E-state index in [1.54, 1.807) is 0 Å². The van der Waals surface area contributed by atoms with Crippen molar-refractivity contribution in [1.82, 2.24) is 4.98 Å². The van der Waals surface area contributed by atoms with Crippen molar-refractivity contribution in [2.24, 2.45) is 0 Å². The van der Waals surface area contributed by atoms with Gasteiger partial charge in [-0.05, 0) is 22.8 Å². The number of rotatable bonds is 0. The van der Waals surface area contributed by atoms with Gasteiger partial charge in [-0.25, -0.2) is 0 Å². The third kappa shape index (κ3) is 1.35. The van der Waals surface area contributed by atoms with E-state index in [4.69, 9.17) is 0 Å². The second-order valence-electron chi connectivity index (χ2n) is 3.54. The van der Waals surface area contributed by atoms with E-state index in [1.807, 2.05) is 12.4 Å². The number of fused-ring (bicyclic) bond motifs is 3. The number of hydrogen-bond acceptors (Lipinski definition) is 1. The topological polar surface area (TPSA) is 12.9 Å². The summed E-state index contributed by atoms with van der Waals surface area (Å²) in [6.07, 6.45) is 3.85. The Bertz CT molecular complexity index is 487. The molecule has 1 heterocycles. The highest BCUT2D eigenvalue weighted by Gasteiger charge is 2.38. The number of nitrogens with zero attached hydrogens (tertiary/aromatic N) is 1. The summed E-state index contributed by atoms with van der Waals surface area (Å²) >= 11 is 4.99. The monoisotopic (exact) mass is 419 g/mol. The smallest absolute Gasteiger partial charge is 0.126 e. The first-order valence-corrected chi connectivity index (χ1v) is 6.79. The van der Waals surface area contributed by atoms with Crippen LogP contribution in [0, 0.1) is 0 Å². The molecule has 1 aliphatic rings. The van der Waals surface area contributed by atoms with Crippen LogP contribution < -0.4 is 0 Å². The van der Waals surface area contributed by atoms with E-state index < -0.39 is 0 Å². The molecule has 0 aliphatic heterocycles. The summed E-state index contributed by atoms with van der Waals surface area (Å²) in [5, 5.41) is 0. The molecular formula is C12H7I2N. The zero-order valence-electron chi connectivity index (χ0n) is 7.74. The zero-order valence-corrected chi connectivity index (χ0v) is 12.1. The van der Waals surface area contributed by atoms with Crippen LogP contribution in [0.5, 0.6) is 0 Å². The summed E-state index contributed by atoms with van der Waals surface area (Å²) in [5.41, 5.74) is 5.37. The lowest BCUT2D eigenvalue weighted by molar-refractivity contribution is 1.18. The zero-order chi connectivity index (χ0) is 10.5. The number of halogens is 2. The third-order valence-corrected chi connectivity index (χ3v) is 5.04. The second-order valence-corrected chi connectivity index (χ2v) is 8.84. The Labute approximate surface area is 116 Å². The number of alkyl halides is 2. The Morgan fingerprint density at radius 2 is 1.67 bits per heavy atom. The van der Waals surface area contributed by atoms with E-state index in [1.165, 1.54) is 22.3 Å². The van der Waals surface area contributed by atoms with Gasteiger partial charge in [0.05, 0.1) is 0 Å². The van der Waals surface area contributed by atoms with Crippen molar-refractivity contribution >= 4 is 45.2 Å². The van der Waals surface area contributed by atoms with Gasteiger partial charge in [0, 0.05) is 18.0 Å². The van der Waals surface area contributed by atoms with E-state index in [0.717, 1.165) is 0 Å². The van der Waals surface area contributed by atoms with Gasteiger partial charge >= 0.3 is 0 Å². The molecule has 0 saturated heterocycles. The molecule has 3 rings (SSSR count). The van der Waals surface area contributed by atoms with Gasteiger partial charge in [-0.15, -0.1) is 0 Å². The van der Waals surface area contributed by atoms with Crippen LogP contribution >= 0.6 is 45.2 Å². The van der Waals surface area contributed by atoms with Crippen LogP contribution in [0.15, 0.2) is 42.7 Å². The van der Waals surface area contributed by atoms with E-state index >= 15 is 0 Å². The minimum atomic E-state index is 0.0374. The maximum absolute atomic E-state index is 4.23. The molecule has 0 amide bonds. The minimum Gasteiger partial charge on any atom is -0.264 e. The minimum absolute atomic E-state index is 0.0374. The maximum Gasteiger partial charge on any atom is 0.126 e. The number of benzene rings is 1. The quantitative estimate of drug-likeness (QED) is 0.463. The molecule has 0 atom stereocenters. The molecule has 1 aliphatic carbocycles. The largest absolute Gasteiger partial charge is 0.264 e. The Kier molecular flexibility index (Phi) is 2.28. The summed E-state index contributed by atoms with van der Waals surface area (Å²) in [4.78, 5) is 4.23. The molecule has 0 fully saturated rings. The average Bonchev–Trinajstić information content (AvgIpc) is 2.51. The highest BCUT2D eigenvalue weighted by molar-refractivity contribution is 14.2. The van der Waals surface area contributed by atoms with Crippen LogP contribution in [0.1, 0.15) is 11.1 Å². The molecule has 1 aromatic carbocycles. The number of aromatic nitrogens is 1. The standard InChI is InChI=1S/C12H7I2N/c13-12(14)10-4-2-1-3-8(10)9-5-6-15-7-11(9)12/h1-7H. The summed E-state index contributed by atoms with van der Waals surface area (Å²) in [6, 6.07) is 10.7. The van der Waals surface area contributed by atoms with Crippen LogP contribution in [0.3, 0.4) is 0 Å². The van der Waals surface area contributed by atoms with Crippen molar-refractivity contribution in [2.75, 3.05) is 0 Å². The lowest BCUT2D eigenvalue weighted by atomic mass is 10.1. The van der Waals surface area contributed by atoms with Gasteiger partial charge in [-0.2, -0.15) is 0 Å². The summed E-state index contributed by atoms with van der Waals surface area (Å²) < 4.78 is 0.0374. The van der Waals surface area contributed by atoms with Crippen molar-refractivity contribution in [1.29, 1.82) is 0 Å². The molecule has 3 heteroatoms. The van der Waals surface area contributed by atoms with Gasteiger partial charge in [0.2, 0.25) is 0 Å². The third-order valence-electron chi connectivity index (χ3n) is 2.71. The fourth-order valence-corrected chi connectivity index (χ4v) is 3.82. The molecule has 0 unspecified atom stereocenters. The first-order chi connectivity index (χ1) is 7.21. The molecule has 0 N–H and O–H groups in total. The van der Waals surface area contributed by atoms with Gasteiger partial charge in [0.1, 0.15) is 1.43 Å². The summed E-state index contributed by atoms with van der Waals surface area (Å²) in [6.45, 7) is 0. The molecular weight excluding hydrogens is 412 g/mol. The maximum atomic E-state index is 4.23. The molecule has 1 aromatic heterocycles. The van der Waals surface area contributed by atoms with Gasteiger partial charge in [0.15, 0.2) is 0 Å². The van der Waals surface area contributed by atoms with Crippen molar-refractivity contribution < 1.29 is 0 Å². The number of hydrogen-bond donors (Lipinski definition) is 0. The summed E-state index contributed by atoms with van der Waals surface area (Å²) in [5.74, 6) is 0. The van der Waals surface area contributed by atoms with Crippen molar-refractivity contribution in [3.8, 4) is 11.1 Å². The van der Waals surface area contributed by atoms with E-state index in [9.17, 15) is 0 Å². The highest BCUT2D eigenvalue weighted by atomic mass is 127. The predicted octanol–water partition coefficient (Wildman–Crippen LogP) is 4.13. The molecule has 1 nitrogen and oxygen atoms in total. The van der Waals surface area contributed by atoms with Crippen LogP contribution in [0.25, 0.3) is 11.1 Å². The fraction of sp³-hybridized carbons (Fsp3) is 0.0833. The Morgan fingerprint density at radius 3 is 2.53 bits per heavy atom. The lowest BCUT2D eigenvalue weighted by Crippen LogP contribution is -2.05. The van der Waals surface area contributed by atoms with Crippen LogP contribution in [0.2, 0.25) is 0 Å². The van der Waals surface area contributed by atoms with Gasteiger partial charge in [-0.1, -0.05) is 69.4 Å².